The van der Waals surface area contributed by atoms with E-state index < -0.39 is 0 Å². The lowest BCUT2D eigenvalue weighted by Crippen LogP contribution is -2.46. The summed E-state index contributed by atoms with van der Waals surface area (Å²) in [6.45, 7) is 6.99. The Morgan fingerprint density at radius 1 is 1.24 bits per heavy atom. The third kappa shape index (κ3) is 4.44. The van der Waals surface area contributed by atoms with Gasteiger partial charge in [-0.2, -0.15) is 0 Å². The van der Waals surface area contributed by atoms with Crippen molar-refractivity contribution in [2.24, 2.45) is 0 Å². The number of nitrogens with zero attached hydrogens (tertiary/aromatic N) is 2. The second kappa shape index (κ2) is 8.23. The van der Waals surface area contributed by atoms with Gasteiger partial charge >= 0.3 is 0 Å². The van der Waals surface area contributed by atoms with E-state index in [1.54, 1.807) is 24.5 Å². The second-order valence-electron chi connectivity index (χ2n) is 5.90. The summed E-state index contributed by atoms with van der Waals surface area (Å²) in [6, 6.07) is 9.16. The summed E-state index contributed by atoms with van der Waals surface area (Å²) < 4.78 is 5.19. The molecule has 1 aliphatic rings. The van der Waals surface area contributed by atoms with Crippen molar-refractivity contribution in [3.8, 4) is 0 Å². The van der Waals surface area contributed by atoms with E-state index in [9.17, 15) is 4.79 Å². The highest BCUT2D eigenvalue weighted by Gasteiger charge is 2.21. The number of likely N-dealkylation sites (N-methyl/N-ethyl adjacent to an activating group) is 1. The molecule has 3 rings (SSSR count). The standard InChI is InChI=1S/C19H22ClN3O2/c1-2-22-10-12-23(13-11-22)19-16(20)6-3-7-17(19)21-18(24)9-8-15-5-4-14-25-15/h3-9,14H,2,10-13H2,1H3,(H,21,24). The fourth-order valence-electron chi connectivity index (χ4n) is 2.94. The molecule has 1 N–H and O–H groups in total. The van der Waals surface area contributed by atoms with Crippen molar-refractivity contribution in [3.63, 3.8) is 0 Å². The minimum absolute atomic E-state index is 0.216. The van der Waals surface area contributed by atoms with Gasteiger partial charge in [0.2, 0.25) is 5.91 Å². The number of halogens is 1. The van der Waals surface area contributed by atoms with Crippen molar-refractivity contribution < 1.29 is 9.21 Å². The molecule has 6 heteroatoms. The van der Waals surface area contributed by atoms with Gasteiger partial charge in [-0.05, 0) is 36.9 Å². The Bertz CT molecular complexity index is 735. The Kier molecular flexibility index (Phi) is 5.79. The number of hydrogen-bond donors (Lipinski definition) is 1. The number of para-hydroxylation sites is 1. The molecule has 0 bridgehead atoms. The molecular weight excluding hydrogens is 338 g/mol. The van der Waals surface area contributed by atoms with Crippen LogP contribution in [0.15, 0.2) is 47.1 Å². The van der Waals surface area contributed by atoms with Crippen LogP contribution in [-0.2, 0) is 4.79 Å². The van der Waals surface area contributed by atoms with E-state index in [1.807, 2.05) is 18.2 Å². The van der Waals surface area contributed by atoms with Crippen molar-refractivity contribution in [2.45, 2.75) is 6.92 Å². The number of carbonyl (C=O) groups is 1. The molecule has 5 nitrogen and oxygen atoms in total. The van der Waals surface area contributed by atoms with Crippen LogP contribution in [0, 0.1) is 0 Å². The van der Waals surface area contributed by atoms with Crippen LogP contribution in [-0.4, -0.2) is 43.5 Å². The minimum atomic E-state index is -0.216. The number of piperazine rings is 1. The maximum atomic E-state index is 12.2. The number of benzene rings is 1. The molecule has 1 fully saturated rings. The first-order chi connectivity index (χ1) is 12.2. The predicted octanol–water partition coefficient (Wildman–Crippen LogP) is 3.73. The van der Waals surface area contributed by atoms with Crippen LogP contribution in [0.1, 0.15) is 12.7 Å². The number of nitrogens with one attached hydrogen (secondary N) is 1. The lowest BCUT2D eigenvalue weighted by atomic mass is 10.2. The molecule has 0 atom stereocenters. The van der Waals surface area contributed by atoms with Crippen LogP contribution in [0.4, 0.5) is 11.4 Å². The van der Waals surface area contributed by atoms with Gasteiger partial charge in [0.05, 0.1) is 22.7 Å². The molecule has 1 aromatic heterocycles. The number of carbonyl (C=O) groups excluding carboxylic acids is 1. The Hall–Kier alpha value is -2.24. The maximum Gasteiger partial charge on any atom is 0.248 e. The molecule has 1 amide bonds. The van der Waals surface area contributed by atoms with Crippen LogP contribution >= 0.6 is 11.6 Å². The van der Waals surface area contributed by atoms with Crippen LogP contribution in [0.25, 0.3) is 6.08 Å². The van der Waals surface area contributed by atoms with Crippen molar-refractivity contribution in [1.82, 2.24) is 4.90 Å². The van der Waals surface area contributed by atoms with Gasteiger partial charge < -0.3 is 19.5 Å². The average Bonchev–Trinajstić information content (AvgIpc) is 3.14. The van der Waals surface area contributed by atoms with Crippen LogP contribution < -0.4 is 10.2 Å². The zero-order valence-electron chi connectivity index (χ0n) is 14.2. The molecule has 0 unspecified atom stereocenters. The molecule has 1 aromatic carbocycles. The largest absolute Gasteiger partial charge is 0.465 e. The van der Waals surface area contributed by atoms with Gasteiger partial charge in [0.15, 0.2) is 0 Å². The SMILES string of the molecule is CCN1CCN(c2c(Cl)cccc2NC(=O)C=Cc2ccco2)CC1. The Morgan fingerprint density at radius 3 is 2.72 bits per heavy atom. The monoisotopic (exact) mass is 359 g/mol. The average molecular weight is 360 g/mol. The smallest absolute Gasteiger partial charge is 0.248 e. The van der Waals surface area contributed by atoms with E-state index in [1.165, 1.54) is 6.08 Å². The lowest BCUT2D eigenvalue weighted by molar-refractivity contribution is -0.111. The topological polar surface area (TPSA) is 48.7 Å². The van der Waals surface area contributed by atoms with Crippen molar-refractivity contribution in [2.75, 3.05) is 42.9 Å². The van der Waals surface area contributed by atoms with Crippen molar-refractivity contribution in [1.29, 1.82) is 0 Å². The molecule has 2 heterocycles. The first-order valence-electron chi connectivity index (χ1n) is 8.45. The summed E-state index contributed by atoms with van der Waals surface area (Å²) in [6.07, 6.45) is 4.67. The van der Waals surface area contributed by atoms with E-state index in [4.69, 9.17) is 16.0 Å². The Balaban J connectivity index is 1.73. The van der Waals surface area contributed by atoms with E-state index >= 15 is 0 Å². The molecule has 2 aromatic rings. The molecule has 1 aliphatic heterocycles. The molecule has 0 radical (unpaired) electrons. The van der Waals surface area contributed by atoms with Gasteiger partial charge in [-0.3, -0.25) is 4.79 Å². The molecule has 0 saturated carbocycles. The van der Waals surface area contributed by atoms with Gasteiger partial charge in [-0.15, -0.1) is 0 Å². The summed E-state index contributed by atoms with van der Waals surface area (Å²) in [7, 11) is 0. The normalized spacial score (nSPS) is 15.7. The van der Waals surface area contributed by atoms with Crippen LogP contribution in [0.5, 0.6) is 0 Å². The van der Waals surface area contributed by atoms with E-state index in [0.29, 0.717) is 10.8 Å². The van der Waals surface area contributed by atoms with Gasteiger partial charge in [-0.25, -0.2) is 0 Å². The summed E-state index contributed by atoms with van der Waals surface area (Å²) in [5, 5.41) is 3.58. The third-order valence-electron chi connectivity index (χ3n) is 4.32. The maximum absolute atomic E-state index is 12.2. The fraction of sp³-hybridized carbons (Fsp3) is 0.316. The molecule has 0 aliphatic carbocycles. The first-order valence-corrected chi connectivity index (χ1v) is 8.83. The van der Waals surface area contributed by atoms with Gasteiger partial charge in [0.1, 0.15) is 5.76 Å². The third-order valence-corrected chi connectivity index (χ3v) is 4.63. The summed E-state index contributed by atoms with van der Waals surface area (Å²) >= 11 is 6.44. The number of hydrogen-bond acceptors (Lipinski definition) is 4. The van der Waals surface area contributed by atoms with Crippen LogP contribution in [0.3, 0.4) is 0 Å². The highest BCUT2D eigenvalue weighted by atomic mass is 35.5. The number of anilines is 2. The molecule has 0 spiro atoms. The van der Waals surface area contributed by atoms with E-state index in [2.05, 4.69) is 22.0 Å². The summed E-state index contributed by atoms with van der Waals surface area (Å²) in [4.78, 5) is 16.9. The van der Waals surface area contributed by atoms with E-state index in [0.717, 1.165) is 44.1 Å². The molecule has 1 saturated heterocycles. The van der Waals surface area contributed by atoms with E-state index in [-0.39, 0.29) is 5.91 Å². The summed E-state index contributed by atoms with van der Waals surface area (Å²) in [5.74, 6) is 0.421. The summed E-state index contributed by atoms with van der Waals surface area (Å²) in [5.41, 5.74) is 1.62. The number of rotatable bonds is 5. The number of amides is 1. The number of furan rings is 1. The highest BCUT2D eigenvalue weighted by molar-refractivity contribution is 6.34. The molecule has 25 heavy (non-hydrogen) atoms. The second-order valence-corrected chi connectivity index (χ2v) is 6.30. The quantitative estimate of drug-likeness (QED) is 0.826. The van der Waals surface area contributed by atoms with Gasteiger partial charge in [0, 0.05) is 32.3 Å². The minimum Gasteiger partial charge on any atom is -0.465 e. The van der Waals surface area contributed by atoms with Gasteiger partial charge in [0.25, 0.3) is 0 Å². The zero-order valence-corrected chi connectivity index (χ0v) is 15.0. The van der Waals surface area contributed by atoms with Crippen LogP contribution in [0.2, 0.25) is 5.02 Å². The highest BCUT2D eigenvalue weighted by Crippen LogP contribution is 2.34. The Labute approximate surface area is 152 Å². The van der Waals surface area contributed by atoms with Crippen molar-refractivity contribution >= 4 is 35.0 Å². The Morgan fingerprint density at radius 2 is 2.04 bits per heavy atom. The first kappa shape index (κ1) is 17.6. The molecule has 132 valence electrons. The predicted molar refractivity (Wildman–Crippen MR) is 102 cm³/mol. The fourth-order valence-corrected chi connectivity index (χ4v) is 3.24. The van der Waals surface area contributed by atoms with Gasteiger partial charge in [-0.1, -0.05) is 24.6 Å². The zero-order chi connectivity index (χ0) is 17.6. The lowest BCUT2D eigenvalue weighted by Gasteiger charge is -2.36. The molecular formula is C19H22ClN3O2. The van der Waals surface area contributed by atoms with Crippen molar-refractivity contribution in [3.05, 3.63) is 53.5 Å².